The molecule has 0 aromatic carbocycles. The first-order valence-electron chi connectivity index (χ1n) is 4.33. The maximum atomic E-state index is 11.6. The standard InChI is InChI=1S/C9H14N4O/c1-9(2,10-3)7(14)13-8-11-5-4-6-12-8/h4-6,10H,1-3H3,(H,11,12,13,14). The highest BCUT2D eigenvalue weighted by molar-refractivity contribution is 5.96. The molecule has 0 radical (unpaired) electrons. The van der Waals surface area contributed by atoms with Crippen molar-refractivity contribution in [2.75, 3.05) is 12.4 Å². The van der Waals surface area contributed by atoms with E-state index in [1.807, 2.05) is 0 Å². The Kier molecular flexibility index (Phi) is 3.14. The van der Waals surface area contributed by atoms with E-state index in [4.69, 9.17) is 0 Å². The van der Waals surface area contributed by atoms with Crippen LogP contribution >= 0.6 is 0 Å². The van der Waals surface area contributed by atoms with Gasteiger partial charge in [-0.15, -0.1) is 0 Å². The lowest BCUT2D eigenvalue weighted by Crippen LogP contribution is -2.48. The lowest BCUT2D eigenvalue weighted by Gasteiger charge is -2.21. The third kappa shape index (κ3) is 2.50. The van der Waals surface area contributed by atoms with Crippen molar-refractivity contribution >= 4 is 11.9 Å². The van der Waals surface area contributed by atoms with Crippen molar-refractivity contribution in [3.05, 3.63) is 18.5 Å². The molecule has 0 atom stereocenters. The molecule has 5 heteroatoms. The Morgan fingerprint density at radius 2 is 1.93 bits per heavy atom. The van der Waals surface area contributed by atoms with E-state index in [1.54, 1.807) is 39.4 Å². The van der Waals surface area contributed by atoms with Crippen molar-refractivity contribution in [1.82, 2.24) is 15.3 Å². The van der Waals surface area contributed by atoms with Crippen LogP contribution in [0.15, 0.2) is 18.5 Å². The van der Waals surface area contributed by atoms with Gasteiger partial charge in [-0.25, -0.2) is 9.97 Å². The number of hydrogen-bond acceptors (Lipinski definition) is 4. The molecule has 1 aromatic rings. The molecule has 14 heavy (non-hydrogen) atoms. The summed E-state index contributed by atoms with van der Waals surface area (Å²) in [5.41, 5.74) is -0.626. The number of anilines is 1. The summed E-state index contributed by atoms with van der Waals surface area (Å²) in [6.07, 6.45) is 3.16. The molecule has 5 nitrogen and oxygen atoms in total. The lowest BCUT2D eigenvalue weighted by molar-refractivity contribution is -0.121. The number of likely N-dealkylation sites (N-methyl/N-ethyl adjacent to an activating group) is 1. The molecule has 0 spiro atoms. The van der Waals surface area contributed by atoms with Gasteiger partial charge in [0.25, 0.3) is 0 Å². The van der Waals surface area contributed by atoms with Gasteiger partial charge < -0.3 is 5.32 Å². The monoisotopic (exact) mass is 194 g/mol. The van der Waals surface area contributed by atoms with Gasteiger partial charge in [-0.05, 0) is 27.0 Å². The van der Waals surface area contributed by atoms with Gasteiger partial charge >= 0.3 is 0 Å². The Balaban J connectivity index is 2.67. The maximum absolute atomic E-state index is 11.6. The van der Waals surface area contributed by atoms with Crippen LogP contribution in [0.3, 0.4) is 0 Å². The summed E-state index contributed by atoms with van der Waals surface area (Å²) in [5.74, 6) is 0.159. The van der Waals surface area contributed by atoms with Crippen LogP contribution in [0.25, 0.3) is 0 Å². The molecule has 1 heterocycles. The van der Waals surface area contributed by atoms with E-state index in [0.717, 1.165) is 0 Å². The Morgan fingerprint density at radius 1 is 1.36 bits per heavy atom. The smallest absolute Gasteiger partial charge is 0.246 e. The molecule has 1 rings (SSSR count). The van der Waals surface area contributed by atoms with Crippen molar-refractivity contribution in [2.45, 2.75) is 19.4 Å². The van der Waals surface area contributed by atoms with Crippen molar-refractivity contribution in [1.29, 1.82) is 0 Å². The van der Waals surface area contributed by atoms with Crippen molar-refractivity contribution < 1.29 is 4.79 Å². The van der Waals surface area contributed by atoms with Crippen LogP contribution in [-0.4, -0.2) is 28.5 Å². The largest absolute Gasteiger partial charge is 0.307 e. The lowest BCUT2D eigenvalue weighted by atomic mass is 10.1. The average Bonchev–Trinajstić information content (AvgIpc) is 2.19. The zero-order chi connectivity index (χ0) is 10.6. The molecule has 0 aliphatic heterocycles. The summed E-state index contributed by atoms with van der Waals surface area (Å²) < 4.78 is 0. The first-order valence-corrected chi connectivity index (χ1v) is 4.33. The van der Waals surface area contributed by atoms with Crippen LogP contribution in [0.2, 0.25) is 0 Å². The number of aromatic nitrogens is 2. The maximum Gasteiger partial charge on any atom is 0.246 e. The van der Waals surface area contributed by atoms with Crippen molar-refractivity contribution in [2.24, 2.45) is 0 Å². The molecule has 1 amide bonds. The molecular formula is C9H14N4O. The van der Waals surface area contributed by atoms with Crippen molar-refractivity contribution in [3.8, 4) is 0 Å². The molecule has 0 aliphatic rings. The van der Waals surface area contributed by atoms with Crippen LogP contribution in [-0.2, 0) is 4.79 Å². The zero-order valence-electron chi connectivity index (χ0n) is 8.53. The average molecular weight is 194 g/mol. The minimum Gasteiger partial charge on any atom is -0.307 e. The summed E-state index contributed by atoms with van der Waals surface area (Å²) >= 11 is 0. The molecule has 1 aromatic heterocycles. The van der Waals surface area contributed by atoms with E-state index < -0.39 is 5.54 Å². The SMILES string of the molecule is CNC(C)(C)C(=O)Nc1ncccn1. The molecular weight excluding hydrogens is 180 g/mol. The van der Waals surface area contributed by atoms with Crippen LogP contribution in [0.5, 0.6) is 0 Å². The van der Waals surface area contributed by atoms with Gasteiger partial charge in [0.1, 0.15) is 0 Å². The molecule has 0 aliphatic carbocycles. The number of nitrogens with zero attached hydrogens (tertiary/aromatic N) is 2. The fourth-order valence-electron chi connectivity index (χ4n) is 0.735. The first-order chi connectivity index (χ1) is 6.56. The summed E-state index contributed by atoms with van der Waals surface area (Å²) in [6.45, 7) is 3.57. The third-order valence-corrected chi connectivity index (χ3v) is 1.98. The van der Waals surface area contributed by atoms with E-state index in [-0.39, 0.29) is 5.91 Å². The van der Waals surface area contributed by atoms with Gasteiger partial charge in [-0.1, -0.05) is 0 Å². The number of carbonyl (C=O) groups excluding carboxylic acids is 1. The minimum absolute atomic E-state index is 0.161. The summed E-state index contributed by atoms with van der Waals surface area (Å²) in [4.78, 5) is 19.4. The van der Waals surface area contributed by atoms with Gasteiger partial charge in [-0.2, -0.15) is 0 Å². The molecule has 76 valence electrons. The summed E-state index contributed by atoms with van der Waals surface area (Å²) in [5, 5.41) is 5.50. The van der Waals surface area contributed by atoms with E-state index in [9.17, 15) is 4.79 Å². The number of hydrogen-bond donors (Lipinski definition) is 2. The van der Waals surface area contributed by atoms with Gasteiger partial charge in [0.15, 0.2) is 0 Å². The minimum atomic E-state index is -0.626. The molecule has 0 saturated heterocycles. The number of rotatable bonds is 3. The number of amides is 1. The van der Waals surface area contributed by atoms with Gasteiger partial charge in [0, 0.05) is 12.4 Å². The first kappa shape index (κ1) is 10.6. The summed E-state index contributed by atoms with van der Waals surface area (Å²) in [6, 6.07) is 1.69. The highest BCUT2D eigenvalue weighted by atomic mass is 16.2. The molecule has 0 bridgehead atoms. The highest BCUT2D eigenvalue weighted by Gasteiger charge is 2.25. The fraction of sp³-hybridized carbons (Fsp3) is 0.444. The normalized spacial score (nSPS) is 11.1. The molecule has 0 fully saturated rings. The zero-order valence-corrected chi connectivity index (χ0v) is 8.53. The van der Waals surface area contributed by atoms with Crippen LogP contribution in [0.1, 0.15) is 13.8 Å². The van der Waals surface area contributed by atoms with Crippen LogP contribution < -0.4 is 10.6 Å². The molecule has 0 unspecified atom stereocenters. The van der Waals surface area contributed by atoms with Gasteiger partial charge in [-0.3, -0.25) is 10.1 Å². The topological polar surface area (TPSA) is 66.9 Å². The van der Waals surface area contributed by atoms with Crippen LogP contribution in [0, 0.1) is 0 Å². The number of nitrogens with one attached hydrogen (secondary N) is 2. The summed E-state index contributed by atoms with van der Waals surface area (Å²) in [7, 11) is 1.73. The Bertz CT molecular complexity index is 310. The Hall–Kier alpha value is -1.49. The Labute approximate surface area is 83.0 Å². The predicted octanol–water partition coefficient (Wildman–Crippen LogP) is 0.413. The van der Waals surface area contributed by atoms with Crippen LogP contribution in [0.4, 0.5) is 5.95 Å². The third-order valence-electron chi connectivity index (χ3n) is 1.98. The van der Waals surface area contributed by atoms with E-state index >= 15 is 0 Å². The van der Waals surface area contributed by atoms with E-state index in [2.05, 4.69) is 20.6 Å². The molecule has 2 N–H and O–H groups in total. The second-order valence-electron chi connectivity index (χ2n) is 3.40. The highest BCUT2D eigenvalue weighted by Crippen LogP contribution is 2.04. The van der Waals surface area contributed by atoms with Gasteiger partial charge in [0.2, 0.25) is 11.9 Å². The van der Waals surface area contributed by atoms with E-state index in [0.29, 0.717) is 5.95 Å². The van der Waals surface area contributed by atoms with E-state index in [1.165, 1.54) is 0 Å². The second kappa shape index (κ2) is 4.15. The quantitative estimate of drug-likeness (QED) is 0.731. The van der Waals surface area contributed by atoms with Crippen molar-refractivity contribution in [3.63, 3.8) is 0 Å². The Morgan fingerprint density at radius 3 is 2.43 bits per heavy atom. The predicted molar refractivity (Wildman–Crippen MR) is 53.8 cm³/mol. The van der Waals surface area contributed by atoms with Gasteiger partial charge in [0.05, 0.1) is 5.54 Å². The second-order valence-corrected chi connectivity index (χ2v) is 3.40. The molecule has 0 saturated carbocycles. The fourth-order valence-corrected chi connectivity index (χ4v) is 0.735. The number of carbonyl (C=O) groups is 1.